The minimum Gasteiger partial charge on any atom is -0.457 e. The van der Waals surface area contributed by atoms with Crippen molar-refractivity contribution >= 4 is 28.8 Å². The first-order valence-electron chi connectivity index (χ1n) is 27.0. The Hall–Kier alpha value is -7.07. The zero-order chi connectivity index (χ0) is 52.2. The van der Waals surface area contributed by atoms with Gasteiger partial charge in [0, 0.05) is 38.0 Å². The summed E-state index contributed by atoms with van der Waals surface area (Å²) in [5, 5.41) is 0. The van der Waals surface area contributed by atoms with E-state index < -0.39 is 10.8 Å². The van der Waals surface area contributed by atoms with Crippen LogP contribution >= 0.6 is 11.8 Å². The van der Waals surface area contributed by atoms with Crippen molar-refractivity contribution in [1.82, 2.24) is 0 Å². The minimum absolute atomic E-state index is 0.0453. The van der Waals surface area contributed by atoms with Crippen LogP contribution in [0.4, 0.5) is 17.1 Å². The molecule has 2 spiro atoms. The molecule has 0 saturated carbocycles. The van der Waals surface area contributed by atoms with Gasteiger partial charge < -0.3 is 9.64 Å². The molecular formula is C72H67NOS. The summed E-state index contributed by atoms with van der Waals surface area (Å²) in [5.74, 6) is 1.78. The summed E-state index contributed by atoms with van der Waals surface area (Å²) in [6.07, 6.45) is 0. The lowest BCUT2D eigenvalue weighted by Gasteiger charge is -2.42. The maximum Gasteiger partial charge on any atom is 0.132 e. The Morgan fingerprint density at radius 3 is 1.19 bits per heavy atom. The predicted octanol–water partition coefficient (Wildman–Crippen LogP) is 19.6. The largest absolute Gasteiger partial charge is 0.457 e. The average Bonchev–Trinajstić information content (AvgIpc) is 3.93. The fourth-order valence-corrected chi connectivity index (χ4v) is 14.2. The molecule has 0 N–H and O–H groups in total. The molecule has 75 heavy (non-hydrogen) atoms. The van der Waals surface area contributed by atoms with Gasteiger partial charge in [-0.25, -0.2) is 0 Å². The molecule has 372 valence electrons. The molecule has 3 heteroatoms. The molecule has 13 rings (SSSR count). The number of rotatable bonds is 3. The van der Waals surface area contributed by atoms with Crippen molar-refractivity contribution in [1.29, 1.82) is 0 Å². The number of fused-ring (bicyclic) bond motifs is 18. The van der Waals surface area contributed by atoms with Crippen LogP contribution in [0, 0.1) is 0 Å². The Bertz CT molecular complexity index is 3470. The third-order valence-electron chi connectivity index (χ3n) is 17.0. The molecule has 2 aliphatic heterocycles. The van der Waals surface area contributed by atoms with Crippen LogP contribution in [0.1, 0.15) is 150 Å². The summed E-state index contributed by atoms with van der Waals surface area (Å²) in [6, 6.07) is 72.5. The van der Waals surface area contributed by atoms with E-state index in [9.17, 15) is 0 Å². The maximum atomic E-state index is 7.12. The van der Waals surface area contributed by atoms with Gasteiger partial charge in [0.05, 0.1) is 10.8 Å². The molecule has 2 nitrogen and oxygen atoms in total. The van der Waals surface area contributed by atoms with Crippen molar-refractivity contribution in [3.8, 4) is 33.8 Å². The molecule has 9 aromatic carbocycles. The summed E-state index contributed by atoms with van der Waals surface area (Å²) in [4.78, 5) is 5.08. The van der Waals surface area contributed by atoms with Crippen molar-refractivity contribution in [2.24, 2.45) is 0 Å². The minimum atomic E-state index is -0.664. The molecule has 0 unspecified atom stereocenters. The molecule has 4 aliphatic rings. The molecule has 0 atom stereocenters. The van der Waals surface area contributed by atoms with E-state index in [1.807, 2.05) is 11.8 Å². The SMILES string of the molecule is CC(C)(C)c1ccc2c(c1)C1(c3ccccc3Oc3ccc(N(c4ccccc4)c4ccc5c(c4)C4(c6ccccc6S5)c5cc(C(C)(C)C)ccc5-c5ccc(C(C)(C)C)cc54)cc31)c1cc(C(C)(C)C)ccc1-2. The highest BCUT2D eigenvalue weighted by Crippen LogP contribution is 2.66. The Kier molecular flexibility index (Phi) is 10.3. The molecule has 0 fully saturated rings. The Morgan fingerprint density at radius 1 is 0.307 bits per heavy atom. The maximum absolute atomic E-state index is 7.12. The second-order valence-corrected chi connectivity index (χ2v) is 26.9. The van der Waals surface area contributed by atoms with E-state index >= 15 is 0 Å². The average molecular weight is 994 g/mol. The summed E-state index contributed by atoms with van der Waals surface area (Å²) >= 11 is 1.91. The van der Waals surface area contributed by atoms with Gasteiger partial charge in [-0.2, -0.15) is 0 Å². The van der Waals surface area contributed by atoms with Gasteiger partial charge in [-0.15, -0.1) is 0 Å². The summed E-state index contributed by atoms with van der Waals surface area (Å²) < 4.78 is 7.12. The first kappa shape index (κ1) is 47.6. The lowest BCUT2D eigenvalue weighted by Crippen LogP contribution is -2.33. The highest BCUT2D eigenvalue weighted by molar-refractivity contribution is 7.99. The Morgan fingerprint density at radius 2 is 0.693 bits per heavy atom. The Balaban J connectivity index is 1.10. The van der Waals surface area contributed by atoms with Crippen molar-refractivity contribution in [3.05, 3.63) is 255 Å². The zero-order valence-electron chi connectivity index (χ0n) is 45.7. The number of benzene rings is 9. The van der Waals surface area contributed by atoms with Crippen LogP contribution in [0.15, 0.2) is 198 Å². The fraction of sp³-hybridized carbons (Fsp3) is 0.250. The van der Waals surface area contributed by atoms with E-state index in [0.717, 1.165) is 34.1 Å². The monoisotopic (exact) mass is 993 g/mol. The van der Waals surface area contributed by atoms with E-state index in [1.165, 1.54) is 93.2 Å². The van der Waals surface area contributed by atoms with Crippen LogP contribution < -0.4 is 9.64 Å². The molecular weight excluding hydrogens is 927 g/mol. The topological polar surface area (TPSA) is 12.5 Å². The van der Waals surface area contributed by atoms with Gasteiger partial charge in [0.2, 0.25) is 0 Å². The number of hydrogen-bond donors (Lipinski definition) is 0. The van der Waals surface area contributed by atoms with Gasteiger partial charge in [0.25, 0.3) is 0 Å². The highest BCUT2D eigenvalue weighted by Gasteiger charge is 2.54. The standard InChI is InChI=1S/C72H67NOS/c1-67(2,3)44-26-32-51-52-33-27-45(68(4,5)6)39-58(52)71(57(51)38-44)55-22-16-18-24-63(55)74-64-36-30-49(42-61(64)71)73(48-20-14-13-15-21-48)50-31-37-66-62(43-50)72(56-23-17-19-25-65(56)75-66)59-40-46(69(7,8)9)28-34-53(59)54-35-29-47(41-60(54)72)70(10,11)12/h13-43H,1-12H3. The van der Waals surface area contributed by atoms with E-state index in [1.54, 1.807) is 0 Å². The van der Waals surface area contributed by atoms with Crippen LogP contribution in [0.2, 0.25) is 0 Å². The van der Waals surface area contributed by atoms with Crippen LogP contribution in [-0.2, 0) is 32.5 Å². The summed E-state index contributed by atoms with van der Waals surface area (Å²) in [6.45, 7) is 28.1. The van der Waals surface area contributed by atoms with Crippen LogP contribution in [0.3, 0.4) is 0 Å². The fourth-order valence-electron chi connectivity index (χ4n) is 13.0. The molecule has 2 aliphatic carbocycles. The van der Waals surface area contributed by atoms with Crippen molar-refractivity contribution in [2.75, 3.05) is 4.90 Å². The van der Waals surface area contributed by atoms with Crippen LogP contribution in [-0.4, -0.2) is 0 Å². The third-order valence-corrected chi connectivity index (χ3v) is 18.2. The molecule has 0 amide bonds. The molecule has 9 aromatic rings. The highest BCUT2D eigenvalue weighted by atomic mass is 32.2. The zero-order valence-corrected chi connectivity index (χ0v) is 46.5. The molecule has 0 aromatic heterocycles. The molecule has 0 radical (unpaired) electrons. The van der Waals surface area contributed by atoms with Crippen molar-refractivity contribution < 1.29 is 4.74 Å². The van der Waals surface area contributed by atoms with Gasteiger partial charge >= 0.3 is 0 Å². The van der Waals surface area contributed by atoms with Crippen molar-refractivity contribution in [3.63, 3.8) is 0 Å². The number of para-hydroxylation sites is 2. The van der Waals surface area contributed by atoms with Gasteiger partial charge in [0.1, 0.15) is 11.5 Å². The molecule has 2 heterocycles. The molecule has 0 bridgehead atoms. The quantitative estimate of drug-likeness (QED) is 0.175. The van der Waals surface area contributed by atoms with E-state index in [-0.39, 0.29) is 21.7 Å². The van der Waals surface area contributed by atoms with E-state index in [4.69, 9.17) is 4.74 Å². The summed E-state index contributed by atoms with van der Waals surface area (Å²) in [5.41, 5.74) is 22.7. The smallest absolute Gasteiger partial charge is 0.132 e. The first-order valence-corrected chi connectivity index (χ1v) is 27.8. The van der Waals surface area contributed by atoms with E-state index in [2.05, 4.69) is 276 Å². The second-order valence-electron chi connectivity index (χ2n) is 25.8. The van der Waals surface area contributed by atoms with Crippen LogP contribution in [0.5, 0.6) is 11.5 Å². The number of anilines is 3. The van der Waals surface area contributed by atoms with Gasteiger partial charge in [-0.05, 0) is 160 Å². The molecule has 0 saturated heterocycles. The summed E-state index contributed by atoms with van der Waals surface area (Å²) in [7, 11) is 0. The van der Waals surface area contributed by atoms with Gasteiger partial charge in [0.15, 0.2) is 0 Å². The predicted molar refractivity (Wildman–Crippen MR) is 315 cm³/mol. The normalized spacial score (nSPS) is 15.2. The lowest BCUT2D eigenvalue weighted by molar-refractivity contribution is 0.436. The van der Waals surface area contributed by atoms with Crippen molar-refractivity contribution in [2.45, 2.75) is 125 Å². The second kappa shape index (κ2) is 16.2. The number of ether oxygens (including phenoxy) is 1. The van der Waals surface area contributed by atoms with E-state index in [0.29, 0.717) is 0 Å². The number of hydrogen-bond acceptors (Lipinski definition) is 3. The van der Waals surface area contributed by atoms with Gasteiger partial charge in [-0.1, -0.05) is 222 Å². The van der Waals surface area contributed by atoms with Crippen LogP contribution in [0.25, 0.3) is 22.3 Å². The number of nitrogens with zero attached hydrogens (tertiary/aromatic N) is 1. The first-order chi connectivity index (χ1) is 35.7. The lowest BCUT2D eigenvalue weighted by atomic mass is 9.65. The van der Waals surface area contributed by atoms with Gasteiger partial charge in [-0.3, -0.25) is 0 Å². The Labute approximate surface area is 449 Å². The third kappa shape index (κ3) is 6.99.